The Morgan fingerprint density at radius 2 is 1.69 bits per heavy atom. The van der Waals surface area contributed by atoms with E-state index in [4.69, 9.17) is 16.7 Å². The van der Waals surface area contributed by atoms with Crippen molar-refractivity contribution < 1.29 is 45.4 Å². The van der Waals surface area contributed by atoms with Crippen molar-refractivity contribution in [2.45, 2.75) is 19.2 Å². The number of esters is 1. The van der Waals surface area contributed by atoms with E-state index in [0.717, 1.165) is 18.3 Å². The van der Waals surface area contributed by atoms with Gasteiger partial charge in [0, 0.05) is 27.2 Å². The summed E-state index contributed by atoms with van der Waals surface area (Å²) in [6.45, 7) is 1.02. The lowest BCUT2D eigenvalue weighted by Crippen LogP contribution is -2.41. The monoisotopic (exact) mass is 562 g/mol. The van der Waals surface area contributed by atoms with Crippen LogP contribution < -0.4 is 16.4 Å². The number of carboxylic acids is 1. The Kier molecular flexibility index (Phi) is 9.56. The summed E-state index contributed by atoms with van der Waals surface area (Å²) in [7, 11) is 0.0542. The molecule has 2 rings (SSSR count). The van der Waals surface area contributed by atoms with Gasteiger partial charge in [-0.15, -0.1) is 0 Å². The summed E-state index contributed by atoms with van der Waals surface area (Å²) in [5.74, 6) is -4.11. The number of hydrogen-bond donors (Lipinski definition) is 2. The molecule has 36 heavy (non-hydrogen) atoms. The number of halogens is 5. The number of carbonyl (C=O) groups is 2. The number of carboxylic acid groups (broad SMARTS) is 1. The molecule has 0 bridgehead atoms. The summed E-state index contributed by atoms with van der Waals surface area (Å²) in [6, 6.07) is 1.22. The van der Waals surface area contributed by atoms with Crippen LogP contribution in [0, 0.1) is 5.82 Å². The fourth-order valence-corrected chi connectivity index (χ4v) is 2.49. The molecule has 3 N–H and O–H groups in total. The average molecular weight is 563 g/mol. The van der Waals surface area contributed by atoms with Gasteiger partial charge in [-0.25, -0.2) is 28.5 Å². The Labute approximate surface area is 205 Å². The van der Waals surface area contributed by atoms with E-state index >= 15 is 0 Å². The van der Waals surface area contributed by atoms with Crippen LogP contribution >= 0.6 is 11.6 Å². The third-order valence-electron chi connectivity index (χ3n) is 4.25. The predicted octanol–water partition coefficient (Wildman–Crippen LogP) is 0.729. The minimum Gasteiger partial charge on any atom is -0.479 e. The molecule has 0 saturated carbocycles. The number of hydrogen-bond acceptors (Lipinski definition) is 7. The highest BCUT2D eigenvalue weighted by Gasteiger charge is 2.35. The maximum atomic E-state index is 14.3. The molecule has 200 valence electrons. The van der Waals surface area contributed by atoms with Crippen LogP contribution in [0.5, 0.6) is 0 Å². The highest BCUT2D eigenvalue weighted by Crippen LogP contribution is 2.27. The lowest BCUT2D eigenvalue weighted by atomic mass is 10.2. The Bertz CT molecular complexity index is 1400. The zero-order valence-corrected chi connectivity index (χ0v) is 20.4. The number of alkyl halides is 3. The zero-order valence-electron chi connectivity index (χ0n) is 18.8. The average Bonchev–Trinajstić information content (AvgIpc) is 2.70. The van der Waals surface area contributed by atoms with E-state index in [0.29, 0.717) is 12.1 Å². The van der Waals surface area contributed by atoms with E-state index in [9.17, 15) is 45.2 Å². The van der Waals surface area contributed by atoms with Crippen LogP contribution in [-0.4, -0.2) is 59.1 Å². The van der Waals surface area contributed by atoms with Gasteiger partial charge in [-0.3, -0.25) is 9.36 Å². The highest BCUT2D eigenvalue weighted by molar-refractivity contribution is 7.86. The van der Waals surface area contributed by atoms with Crippen molar-refractivity contribution in [3.8, 4) is 5.69 Å². The van der Waals surface area contributed by atoms with Gasteiger partial charge in [0.1, 0.15) is 11.5 Å². The summed E-state index contributed by atoms with van der Waals surface area (Å²) in [5, 5.41) is 12.8. The molecule has 0 fully saturated rings. The first-order valence-corrected chi connectivity index (χ1v) is 11.1. The molecule has 0 spiro atoms. The summed E-state index contributed by atoms with van der Waals surface area (Å²) in [5.41, 5.74) is -6.09. The normalized spacial score (nSPS) is 12.5. The van der Waals surface area contributed by atoms with E-state index in [-0.39, 0.29) is 15.2 Å². The second kappa shape index (κ2) is 11.2. The highest BCUT2D eigenvalue weighted by atomic mass is 35.5. The van der Waals surface area contributed by atoms with Gasteiger partial charge in [-0.2, -0.15) is 25.9 Å². The Morgan fingerprint density at radius 1 is 1.19 bits per heavy atom. The molecule has 0 aliphatic carbocycles. The third-order valence-corrected chi connectivity index (χ3v) is 5.58. The van der Waals surface area contributed by atoms with Crippen LogP contribution in [0.15, 0.2) is 27.8 Å². The summed E-state index contributed by atoms with van der Waals surface area (Å²) in [6.07, 6.45) is -6.62. The second-order valence-electron chi connectivity index (χ2n) is 7.04. The van der Waals surface area contributed by atoms with Gasteiger partial charge in [0.15, 0.2) is 6.10 Å². The Balaban J connectivity index is 0.000000809. The van der Waals surface area contributed by atoms with Crippen molar-refractivity contribution in [2.24, 2.45) is 12.2 Å². The molecule has 0 saturated heterocycles. The van der Waals surface area contributed by atoms with Crippen molar-refractivity contribution in [1.82, 2.24) is 13.4 Å². The molecular formula is C18H19ClF4N4O8S. The Morgan fingerprint density at radius 3 is 2.11 bits per heavy atom. The largest absolute Gasteiger partial charge is 0.479 e. The molecule has 12 nitrogen and oxygen atoms in total. The first-order chi connectivity index (χ1) is 16.2. The van der Waals surface area contributed by atoms with Crippen molar-refractivity contribution in [3.05, 3.63) is 61.1 Å². The smallest absolute Gasteiger partial charge is 0.431 e. The summed E-state index contributed by atoms with van der Waals surface area (Å²) < 4.78 is 78.9. The maximum Gasteiger partial charge on any atom is 0.431 e. The minimum absolute atomic E-state index is 0.0678. The number of carbonyl (C=O) groups excluding carboxylic acids is 1. The van der Waals surface area contributed by atoms with Crippen LogP contribution in [0.3, 0.4) is 0 Å². The molecule has 2 aromatic rings. The lowest BCUT2D eigenvalue weighted by molar-refractivity contribution is -0.146. The van der Waals surface area contributed by atoms with Gasteiger partial charge in [0.25, 0.3) is 15.8 Å². The third kappa shape index (κ3) is 7.36. The molecule has 1 heterocycles. The van der Waals surface area contributed by atoms with Gasteiger partial charge in [0.2, 0.25) is 0 Å². The van der Waals surface area contributed by atoms with Gasteiger partial charge in [0.05, 0.1) is 16.3 Å². The molecule has 1 atom stereocenters. The first kappa shape index (κ1) is 30.8. The van der Waals surface area contributed by atoms with Gasteiger partial charge in [-0.05, 0) is 19.1 Å². The van der Waals surface area contributed by atoms with Crippen LogP contribution in [0.1, 0.15) is 23.0 Å². The number of aliphatic carboxylic acids is 1. The van der Waals surface area contributed by atoms with Crippen molar-refractivity contribution in [3.63, 3.8) is 0 Å². The van der Waals surface area contributed by atoms with Crippen molar-refractivity contribution in [1.29, 1.82) is 0 Å². The lowest BCUT2D eigenvalue weighted by Gasteiger charge is -2.15. The minimum atomic E-state index is -5.02. The number of nitrogens with two attached hydrogens (primary N) is 1. The van der Waals surface area contributed by atoms with Crippen molar-refractivity contribution >= 4 is 33.7 Å². The molecule has 0 radical (unpaired) electrons. The van der Waals surface area contributed by atoms with Crippen LogP contribution in [0.4, 0.5) is 17.6 Å². The molecule has 1 unspecified atom stereocenters. The summed E-state index contributed by atoms with van der Waals surface area (Å²) >= 11 is 5.74. The van der Waals surface area contributed by atoms with Gasteiger partial charge < -0.3 is 9.84 Å². The number of rotatable bonds is 5. The molecule has 0 aliphatic rings. The maximum absolute atomic E-state index is 14.3. The Hall–Kier alpha value is -3.28. The SMILES string of the molecule is CC(OC(=O)c1cc(-n2c(=O)cc(C(F)(F)F)n(C)c2=O)c(F)cc1Cl)C(=O)O.CN(C)S(N)(=O)=O. The summed E-state index contributed by atoms with van der Waals surface area (Å²) in [4.78, 5) is 47.2. The topological polar surface area (TPSA) is 171 Å². The number of benzene rings is 1. The van der Waals surface area contributed by atoms with Gasteiger partial charge >= 0.3 is 23.8 Å². The van der Waals surface area contributed by atoms with Crippen LogP contribution in [0.25, 0.3) is 5.69 Å². The number of aromatic nitrogens is 2. The second-order valence-corrected chi connectivity index (χ2v) is 9.21. The van der Waals surface area contributed by atoms with E-state index < -0.39 is 73.5 Å². The van der Waals surface area contributed by atoms with E-state index in [1.807, 2.05) is 0 Å². The fraction of sp³-hybridized carbons (Fsp3) is 0.333. The molecular weight excluding hydrogens is 544 g/mol. The predicted molar refractivity (Wildman–Crippen MR) is 117 cm³/mol. The molecule has 1 aromatic heterocycles. The molecule has 0 amide bonds. The molecule has 0 aliphatic heterocycles. The molecule has 1 aromatic carbocycles. The first-order valence-electron chi connectivity index (χ1n) is 9.23. The van der Waals surface area contributed by atoms with Crippen LogP contribution in [-0.2, 0) is 33.0 Å². The van der Waals surface area contributed by atoms with E-state index in [1.54, 1.807) is 0 Å². The van der Waals surface area contributed by atoms with Crippen molar-refractivity contribution in [2.75, 3.05) is 14.1 Å². The number of ether oxygens (including phenoxy) is 1. The zero-order chi connectivity index (χ0) is 28.3. The standard InChI is InChI=1S/C16H11ClF4N2O6.C2H8N2O2S/c1-6(13(25)26)29-14(27)7-3-10(9(18)4-8(7)17)23-12(24)5-11(16(19,20)21)22(2)15(23)28;1-4(2)7(3,5)6/h3-6H,1-2H3,(H,25,26);1-2H3,(H2,3,5,6). The van der Waals surface area contributed by atoms with E-state index in [1.165, 1.54) is 14.1 Å². The van der Waals surface area contributed by atoms with Gasteiger partial charge in [-0.1, -0.05) is 11.6 Å². The number of nitrogens with zero attached hydrogens (tertiary/aromatic N) is 3. The quantitative estimate of drug-likeness (QED) is 0.396. The fourth-order valence-electron chi connectivity index (χ4n) is 2.26. The van der Waals surface area contributed by atoms with E-state index in [2.05, 4.69) is 9.88 Å². The molecule has 18 heteroatoms. The van der Waals surface area contributed by atoms with Crippen LogP contribution in [0.2, 0.25) is 5.02 Å².